The number of hydrogen-bond donors (Lipinski definition) is 0. The Labute approximate surface area is 113 Å². The topological polar surface area (TPSA) is 0 Å². The van der Waals surface area contributed by atoms with Crippen molar-refractivity contribution in [1.82, 2.24) is 0 Å². The van der Waals surface area contributed by atoms with Crippen molar-refractivity contribution in [3.63, 3.8) is 0 Å². The molecule has 0 radical (unpaired) electrons. The molecule has 92 valence electrons. The van der Waals surface area contributed by atoms with Crippen molar-refractivity contribution in [3.05, 3.63) is 47.5 Å². The van der Waals surface area contributed by atoms with Gasteiger partial charge in [0.1, 0.15) is 0 Å². The highest BCUT2D eigenvalue weighted by molar-refractivity contribution is 8.01. The first kappa shape index (κ1) is 10.9. The second kappa shape index (κ2) is 4.03. The van der Waals surface area contributed by atoms with Crippen molar-refractivity contribution < 1.29 is 0 Å². The molecule has 2 fully saturated rings. The fraction of sp³-hybridized carbons (Fsp3) is 0.412. The van der Waals surface area contributed by atoms with Gasteiger partial charge in [-0.1, -0.05) is 36.4 Å². The molecule has 2 aliphatic rings. The summed E-state index contributed by atoms with van der Waals surface area (Å²) in [4.78, 5) is 0. The van der Waals surface area contributed by atoms with Crippen LogP contribution in [0.3, 0.4) is 0 Å². The van der Waals surface area contributed by atoms with Crippen molar-refractivity contribution in [3.8, 4) is 0 Å². The number of benzene rings is 2. The first-order chi connectivity index (χ1) is 8.81. The Bertz CT molecular complexity index is 602. The summed E-state index contributed by atoms with van der Waals surface area (Å²) in [7, 11) is 0. The van der Waals surface area contributed by atoms with Crippen LogP contribution in [0.2, 0.25) is 0 Å². The zero-order chi connectivity index (χ0) is 12.1. The van der Waals surface area contributed by atoms with Gasteiger partial charge in [-0.05, 0) is 54.0 Å². The van der Waals surface area contributed by atoms with Crippen LogP contribution in [0.1, 0.15) is 36.3 Å². The molecule has 0 aromatic heterocycles. The summed E-state index contributed by atoms with van der Waals surface area (Å²) in [6.45, 7) is 2.29. The predicted octanol–water partition coefficient (Wildman–Crippen LogP) is 4.90. The maximum absolute atomic E-state index is 2.45. The van der Waals surface area contributed by atoms with Gasteiger partial charge >= 0.3 is 0 Å². The van der Waals surface area contributed by atoms with Crippen molar-refractivity contribution in [2.75, 3.05) is 0 Å². The molecule has 2 saturated heterocycles. The first-order valence-corrected chi connectivity index (χ1v) is 7.90. The lowest BCUT2D eigenvalue weighted by atomic mass is 9.81. The van der Waals surface area contributed by atoms with E-state index in [1.54, 1.807) is 5.56 Å². The molecule has 2 aliphatic heterocycles. The summed E-state index contributed by atoms with van der Waals surface area (Å²) in [5.74, 6) is 0.818. The van der Waals surface area contributed by atoms with Crippen LogP contribution >= 0.6 is 11.8 Å². The molecule has 4 rings (SSSR count). The van der Waals surface area contributed by atoms with E-state index in [1.807, 2.05) is 0 Å². The molecule has 0 nitrogen and oxygen atoms in total. The number of aryl methyl sites for hydroxylation is 1. The van der Waals surface area contributed by atoms with E-state index in [9.17, 15) is 0 Å². The highest BCUT2D eigenvalue weighted by Gasteiger charge is 2.41. The summed E-state index contributed by atoms with van der Waals surface area (Å²) < 4.78 is 0. The van der Waals surface area contributed by atoms with E-state index in [1.165, 1.54) is 35.6 Å². The highest BCUT2D eigenvalue weighted by Crippen LogP contribution is 2.54. The third kappa shape index (κ3) is 1.60. The van der Waals surface area contributed by atoms with E-state index in [0.717, 1.165) is 16.4 Å². The molecule has 3 unspecified atom stereocenters. The normalized spacial score (nSPS) is 30.2. The quantitative estimate of drug-likeness (QED) is 0.697. The van der Waals surface area contributed by atoms with Gasteiger partial charge in [0, 0.05) is 10.5 Å². The molecule has 2 heterocycles. The van der Waals surface area contributed by atoms with Gasteiger partial charge < -0.3 is 0 Å². The summed E-state index contributed by atoms with van der Waals surface area (Å²) in [6, 6.07) is 13.6. The van der Waals surface area contributed by atoms with Crippen LogP contribution in [-0.2, 0) is 0 Å². The summed E-state index contributed by atoms with van der Waals surface area (Å²) >= 11 is 2.25. The third-order valence-electron chi connectivity index (χ3n) is 4.64. The predicted molar refractivity (Wildman–Crippen MR) is 80.4 cm³/mol. The molecule has 0 amide bonds. The molecule has 0 spiro atoms. The van der Waals surface area contributed by atoms with Crippen molar-refractivity contribution >= 4 is 22.5 Å². The Hall–Kier alpha value is -0.950. The Balaban J connectivity index is 1.82. The van der Waals surface area contributed by atoms with Crippen LogP contribution in [0, 0.1) is 6.92 Å². The van der Waals surface area contributed by atoms with E-state index in [-0.39, 0.29) is 0 Å². The molecule has 0 N–H and O–H groups in total. The number of hydrogen-bond acceptors (Lipinski definition) is 1. The molecule has 0 saturated carbocycles. The number of rotatable bonds is 1. The average Bonchev–Trinajstić information content (AvgIpc) is 3.00. The van der Waals surface area contributed by atoms with Crippen LogP contribution < -0.4 is 0 Å². The molecule has 18 heavy (non-hydrogen) atoms. The summed E-state index contributed by atoms with van der Waals surface area (Å²) in [5, 5.41) is 4.64. The molecular weight excluding hydrogens is 236 g/mol. The minimum atomic E-state index is 0.818. The molecule has 2 aromatic carbocycles. The van der Waals surface area contributed by atoms with Gasteiger partial charge in [0.25, 0.3) is 0 Å². The molecule has 3 atom stereocenters. The van der Waals surface area contributed by atoms with Gasteiger partial charge in [-0.25, -0.2) is 0 Å². The van der Waals surface area contributed by atoms with Crippen molar-refractivity contribution in [1.29, 1.82) is 0 Å². The number of fused-ring (bicyclic) bond motifs is 3. The second-order valence-electron chi connectivity index (χ2n) is 5.77. The lowest BCUT2D eigenvalue weighted by Crippen LogP contribution is -2.14. The Kier molecular flexibility index (Phi) is 2.44. The lowest BCUT2D eigenvalue weighted by Gasteiger charge is -2.23. The van der Waals surface area contributed by atoms with Crippen LogP contribution in [0.15, 0.2) is 36.4 Å². The van der Waals surface area contributed by atoms with E-state index >= 15 is 0 Å². The SMILES string of the molecule is Cc1cc2ccccc2cc1C1CC2CCC1S2. The fourth-order valence-electron chi connectivity index (χ4n) is 3.74. The van der Waals surface area contributed by atoms with E-state index < -0.39 is 0 Å². The highest BCUT2D eigenvalue weighted by atomic mass is 32.2. The number of thioether (sulfide) groups is 1. The van der Waals surface area contributed by atoms with Crippen LogP contribution in [0.25, 0.3) is 10.8 Å². The Morgan fingerprint density at radius 1 is 1.06 bits per heavy atom. The van der Waals surface area contributed by atoms with Gasteiger partial charge in [0.05, 0.1) is 0 Å². The standard InChI is InChI=1S/C17H18S/c1-11-8-12-4-2-3-5-13(12)9-15(11)16-10-14-6-7-17(16)18-14/h2-5,8-9,14,16-17H,6-7,10H2,1H3. The van der Waals surface area contributed by atoms with Gasteiger partial charge in [-0.2, -0.15) is 11.8 Å². The first-order valence-electron chi connectivity index (χ1n) is 6.96. The monoisotopic (exact) mass is 254 g/mol. The summed E-state index contributed by atoms with van der Waals surface area (Å²) in [5.41, 5.74) is 3.11. The van der Waals surface area contributed by atoms with E-state index in [4.69, 9.17) is 0 Å². The zero-order valence-corrected chi connectivity index (χ0v) is 11.5. The summed E-state index contributed by atoms with van der Waals surface area (Å²) in [6.07, 6.45) is 4.30. The largest absolute Gasteiger partial charge is 0.155 e. The van der Waals surface area contributed by atoms with Crippen LogP contribution in [0.5, 0.6) is 0 Å². The maximum Gasteiger partial charge on any atom is 0.0119 e. The van der Waals surface area contributed by atoms with Crippen molar-refractivity contribution in [2.24, 2.45) is 0 Å². The Morgan fingerprint density at radius 3 is 2.50 bits per heavy atom. The molecule has 2 aromatic rings. The second-order valence-corrected chi connectivity index (χ2v) is 7.32. The molecule has 2 bridgehead atoms. The Morgan fingerprint density at radius 2 is 1.83 bits per heavy atom. The van der Waals surface area contributed by atoms with Gasteiger partial charge in [-0.15, -0.1) is 0 Å². The fourth-order valence-corrected chi connectivity index (χ4v) is 5.54. The minimum absolute atomic E-state index is 0.818. The minimum Gasteiger partial charge on any atom is -0.155 e. The lowest BCUT2D eigenvalue weighted by molar-refractivity contribution is 0.508. The van der Waals surface area contributed by atoms with Crippen LogP contribution in [0.4, 0.5) is 0 Å². The average molecular weight is 254 g/mol. The zero-order valence-electron chi connectivity index (χ0n) is 10.7. The molecule has 0 aliphatic carbocycles. The van der Waals surface area contributed by atoms with Gasteiger partial charge in [0.15, 0.2) is 0 Å². The maximum atomic E-state index is 2.45. The van der Waals surface area contributed by atoms with Gasteiger partial charge in [0.2, 0.25) is 0 Å². The van der Waals surface area contributed by atoms with E-state index in [2.05, 4.69) is 55.1 Å². The van der Waals surface area contributed by atoms with Gasteiger partial charge in [-0.3, -0.25) is 0 Å². The van der Waals surface area contributed by atoms with Crippen LogP contribution in [-0.4, -0.2) is 10.5 Å². The van der Waals surface area contributed by atoms with E-state index in [0.29, 0.717) is 0 Å². The smallest absolute Gasteiger partial charge is 0.0119 e. The third-order valence-corrected chi connectivity index (χ3v) is 6.37. The molecule has 1 heteroatoms. The van der Waals surface area contributed by atoms with Crippen molar-refractivity contribution in [2.45, 2.75) is 42.6 Å². The molecular formula is C17H18S.